The first-order valence-electron chi connectivity index (χ1n) is 7.41. The van der Waals surface area contributed by atoms with Crippen molar-refractivity contribution >= 4 is 15.9 Å². The maximum Gasteiger partial charge on any atom is 0.260 e. The number of aliphatic hydroxyl groups excluding tert-OH is 1. The number of carbonyl (C=O) groups excluding carboxylic acids is 1. The molecule has 0 spiro atoms. The Hall–Kier alpha value is -1.64. The molecule has 0 heterocycles. The van der Waals surface area contributed by atoms with Gasteiger partial charge in [0.25, 0.3) is 5.91 Å². The molecular weight excluding hydrogens is 320 g/mol. The molecule has 0 unspecified atom stereocenters. The van der Waals surface area contributed by atoms with Gasteiger partial charge in [0.15, 0.2) is 6.10 Å². The molecule has 1 aromatic carbocycles. The fraction of sp³-hybridized carbons (Fsp3) is 0.533. The SMILES string of the molecule is CC(C)CNC(=O)[C@H](C)Oc1ccc(S(=O)(=O)NCCO)cc1. The second kappa shape index (κ2) is 8.85. The van der Waals surface area contributed by atoms with Gasteiger partial charge in [0.1, 0.15) is 5.75 Å². The number of ether oxygens (including phenoxy) is 1. The number of hydrogen-bond donors (Lipinski definition) is 3. The van der Waals surface area contributed by atoms with Crippen molar-refractivity contribution in [2.24, 2.45) is 5.92 Å². The molecule has 1 rings (SSSR count). The minimum Gasteiger partial charge on any atom is -0.481 e. The van der Waals surface area contributed by atoms with Crippen LogP contribution < -0.4 is 14.8 Å². The van der Waals surface area contributed by atoms with Crippen LogP contribution in [0.5, 0.6) is 5.75 Å². The molecular formula is C15H24N2O5S. The van der Waals surface area contributed by atoms with Gasteiger partial charge in [-0.05, 0) is 37.1 Å². The van der Waals surface area contributed by atoms with Crippen molar-refractivity contribution in [3.63, 3.8) is 0 Å². The van der Waals surface area contributed by atoms with Crippen molar-refractivity contribution in [3.05, 3.63) is 24.3 Å². The fourth-order valence-electron chi connectivity index (χ4n) is 1.67. The van der Waals surface area contributed by atoms with Gasteiger partial charge in [-0.1, -0.05) is 13.8 Å². The molecule has 1 atom stereocenters. The molecule has 0 radical (unpaired) electrons. The zero-order valence-electron chi connectivity index (χ0n) is 13.6. The molecule has 0 bridgehead atoms. The maximum atomic E-state index is 11.9. The molecule has 130 valence electrons. The van der Waals surface area contributed by atoms with Crippen molar-refractivity contribution in [2.45, 2.75) is 31.8 Å². The van der Waals surface area contributed by atoms with E-state index in [0.717, 1.165) is 0 Å². The van der Waals surface area contributed by atoms with Crippen LogP contribution in [0.3, 0.4) is 0 Å². The first-order valence-corrected chi connectivity index (χ1v) is 8.89. The third-order valence-corrected chi connectivity index (χ3v) is 4.38. The van der Waals surface area contributed by atoms with Crippen molar-refractivity contribution in [2.75, 3.05) is 19.7 Å². The average molecular weight is 344 g/mol. The summed E-state index contributed by atoms with van der Waals surface area (Å²) in [5.74, 6) is 0.528. The molecule has 3 N–H and O–H groups in total. The Balaban J connectivity index is 2.65. The van der Waals surface area contributed by atoms with Crippen LogP contribution in [-0.2, 0) is 14.8 Å². The predicted octanol–water partition coefficient (Wildman–Crippen LogP) is 0.497. The number of carbonyl (C=O) groups is 1. The number of hydrogen-bond acceptors (Lipinski definition) is 5. The Morgan fingerprint density at radius 2 is 1.83 bits per heavy atom. The van der Waals surface area contributed by atoms with Crippen LogP contribution in [0.1, 0.15) is 20.8 Å². The Labute approximate surface area is 137 Å². The van der Waals surface area contributed by atoms with Gasteiger partial charge < -0.3 is 15.2 Å². The van der Waals surface area contributed by atoms with Gasteiger partial charge in [0.2, 0.25) is 10.0 Å². The predicted molar refractivity (Wildman–Crippen MR) is 86.7 cm³/mol. The van der Waals surface area contributed by atoms with E-state index in [2.05, 4.69) is 10.0 Å². The second-order valence-corrected chi connectivity index (χ2v) is 7.26. The summed E-state index contributed by atoms with van der Waals surface area (Å²) in [5, 5.41) is 11.4. The second-order valence-electron chi connectivity index (χ2n) is 5.49. The summed E-state index contributed by atoms with van der Waals surface area (Å²) < 4.78 is 31.4. The summed E-state index contributed by atoms with van der Waals surface area (Å²) in [7, 11) is -3.65. The Kier molecular flexibility index (Phi) is 7.47. The van der Waals surface area contributed by atoms with Crippen molar-refractivity contribution in [1.82, 2.24) is 10.0 Å². The van der Waals surface area contributed by atoms with Crippen molar-refractivity contribution in [1.29, 1.82) is 0 Å². The van der Waals surface area contributed by atoms with E-state index in [4.69, 9.17) is 9.84 Å². The maximum absolute atomic E-state index is 11.9. The monoisotopic (exact) mass is 344 g/mol. The fourth-order valence-corrected chi connectivity index (χ4v) is 2.69. The summed E-state index contributed by atoms with van der Waals surface area (Å²) in [6.07, 6.45) is -0.677. The highest BCUT2D eigenvalue weighted by atomic mass is 32.2. The number of sulfonamides is 1. The van der Waals surface area contributed by atoms with Crippen LogP contribution in [0.4, 0.5) is 0 Å². The summed E-state index contributed by atoms with van der Waals surface area (Å²) in [4.78, 5) is 11.9. The van der Waals surface area contributed by atoms with Gasteiger partial charge in [-0.25, -0.2) is 13.1 Å². The lowest BCUT2D eigenvalue weighted by molar-refractivity contribution is -0.127. The largest absolute Gasteiger partial charge is 0.481 e. The molecule has 0 saturated heterocycles. The highest BCUT2D eigenvalue weighted by Crippen LogP contribution is 2.17. The lowest BCUT2D eigenvalue weighted by Gasteiger charge is -2.16. The van der Waals surface area contributed by atoms with Crippen LogP contribution in [0.25, 0.3) is 0 Å². The summed E-state index contributed by atoms with van der Waals surface area (Å²) in [5.41, 5.74) is 0. The zero-order chi connectivity index (χ0) is 17.5. The topological polar surface area (TPSA) is 105 Å². The minimum absolute atomic E-state index is 0.0480. The van der Waals surface area contributed by atoms with E-state index in [9.17, 15) is 13.2 Å². The van der Waals surface area contributed by atoms with Crippen LogP contribution >= 0.6 is 0 Å². The van der Waals surface area contributed by atoms with E-state index in [1.54, 1.807) is 6.92 Å². The van der Waals surface area contributed by atoms with E-state index >= 15 is 0 Å². The van der Waals surface area contributed by atoms with E-state index in [1.165, 1.54) is 24.3 Å². The van der Waals surface area contributed by atoms with Gasteiger partial charge in [-0.2, -0.15) is 0 Å². The molecule has 0 fully saturated rings. The lowest BCUT2D eigenvalue weighted by atomic mass is 10.2. The van der Waals surface area contributed by atoms with E-state index < -0.39 is 16.1 Å². The highest BCUT2D eigenvalue weighted by molar-refractivity contribution is 7.89. The molecule has 0 aliphatic heterocycles. The quantitative estimate of drug-likeness (QED) is 0.605. The smallest absolute Gasteiger partial charge is 0.260 e. The minimum atomic E-state index is -3.65. The summed E-state index contributed by atoms with van der Waals surface area (Å²) in [6.45, 7) is 5.87. The number of aliphatic hydroxyl groups is 1. The third kappa shape index (κ3) is 6.55. The zero-order valence-corrected chi connectivity index (χ0v) is 14.4. The van der Waals surface area contributed by atoms with Crippen molar-refractivity contribution < 1.29 is 23.1 Å². The summed E-state index contributed by atoms with van der Waals surface area (Å²) in [6, 6.07) is 5.74. The number of nitrogens with one attached hydrogen (secondary N) is 2. The molecule has 23 heavy (non-hydrogen) atoms. The lowest BCUT2D eigenvalue weighted by Crippen LogP contribution is -2.38. The summed E-state index contributed by atoms with van der Waals surface area (Å²) >= 11 is 0. The van der Waals surface area contributed by atoms with E-state index in [1.807, 2.05) is 13.8 Å². The number of amides is 1. The average Bonchev–Trinajstić information content (AvgIpc) is 2.51. The first kappa shape index (κ1) is 19.4. The number of benzene rings is 1. The molecule has 1 amide bonds. The number of rotatable bonds is 9. The van der Waals surface area contributed by atoms with Gasteiger partial charge >= 0.3 is 0 Å². The molecule has 0 aliphatic rings. The van der Waals surface area contributed by atoms with Gasteiger partial charge in [-0.3, -0.25) is 4.79 Å². The highest BCUT2D eigenvalue weighted by Gasteiger charge is 2.16. The van der Waals surface area contributed by atoms with E-state index in [-0.39, 0.29) is 24.0 Å². The van der Waals surface area contributed by atoms with Gasteiger partial charge in [-0.15, -0.1) is 0 Å². The van der Waals surface area contributed by atoms with Crippen LogP contribution in [-0.4, -0.2) is 45.2 Å². The van der Waals surface area contributed by atoms with Gasteiger partial charge in [0.05, 0.1) is 11.5 Å². The normalized spacial score (nSPS) is 12.9. The van der Waals surface area contributed by atoms with Crippen LogP contribution in [0.2, 0.25) is 0 Å². The van der Waals surface area contributed by atoms with Gasteiger partial charge in [0, 0.05) is 13.1 Å². The molecule has 0 aliphatic carbocycles. The molecule has 8 heteroatoms. The Bertz CT molecular complexity index is 599. The standard InChI is InChI=1S/C15H24N2O5S/c1-11(2)10-16-15(19)12(3)22-13-4-6-14(7-5-13)23(20,21)17-8-9-18/h4-7,11-12,17-18H,8-10H2,1-3H3,(H,16,19)/t12-/m0/s1. The van der Waals surface area contributed by atoms with Crippen molar-refractivity contribution in [3.8, 4) is 5.75 Å². The molecule has 0 saturated carbocycles. The van der Waals surface area contributed by atoms with Crippen LogP contribution in [0.15, 0.2) is 29.2 Å². The Morgan fingerprint density at radius 3 is 2.35 bits per heavy atom. The molecule has 1 aromatic rings. The molecule has 0 aromatic heterocycles. The van der Waals surface area contributed by atoms with E-state index in [0.29, 0.717) is 18.2 Å². The first-order chi connectivity index (χ1) is 10.8. The Morgan fingerprint density at radius 1 is 1.22 bits per heavy atom. The van der Waals surface area contributed by atoms with Crippen LogP contribution in [0, 0.1) is 5.92 Å². The third-order valence-electron chi connectivity index (χ3n) is 2.90. The molecule has 7 nitrogen and oxygen atoms in total.